The summed E-state index contributed by atoms with van der Waals surface area (Å²) in [7, 11) is 1.52. The zero-order chi connectivity index (χ0) is 15.1. The lowest BCUT2D eigenvalue weighted by atomic mass is 10.1. The highest BCUT2D eigenvalue weighted by Crippen LogP contribution is 2.26. The van der Waals surface area contributed by atoms with Gasteiger partial charge in [-0.25, -0.2) is 0 Å². The van der Waals surface area contributed by atoms with Gasteiger partial charge in [-0.05, 0) is 12.1 Å². The number of nitro groups is 1. The zero-order valence-corrected chi connectivity index (χ0v) is 11.1. The molecule has 0 fully saturated rings. The van der Waals surface area contributed by atoms with Crippen LogP contribution < -0.4 is 0 Å². The highest BCUT2D eigenvalue weighted by Gasteiger charge is 2.19. The predicted octanol–water partition coefficient (Wildman–Crippen LogP) is 1.57. The normalized spacial score (nSPS) is 10.1. The molecule has 0 aliphatic carbocycles. The van der Waals surface area contributed by atoms with Crippen molar-refractivity contribution in [3.8, 4) is 5.75 Å². The maximum absolute atomic E-state index is 12.2. The number of nitro benzene ring substituents is 1. The van der Waals surface area contributed by atoms with Crippen molar-refractivity contribution in [3.63, 3.8) is 0 Å². The van der Waals surface area contributed by atoms with Crippen LogP contribution >= 0.6 is 0 Å². The van der Waals surface area contributed by atoms with Crippen molar-refractivity contribution in [2.75, 3.05) is 26.8 Å². The van der Waals surface area contributed by atoms with Gasteiger partial charge in [0.15, 0.2) is 5.75 Å². The summed E-state index contributed by atoms with van der Waals surface area (Å²) >= 11 is 0. The molecule has 1 rings (SSSR count). The lowest BCUT2D eigenvalue weighted by molar-refractivity contribution is -0.385. The highest BCUT2D eigenvalue weighted by molar-refractivity contribution is 5.95. The second-order valence-corrected chi connectivity index (χ2v) is 3.99. The van der Waals surface area contributed by atoms with Crippen LogP contribution in [0.1, 0.15) is 10.4 Å². The van der Waals surface area contributed by atoms with Crippen molar-refractivity contribution < 1.29 is 19.6 Å². The first-order valence-electron chi connectivity index (χ1n) is 5.87. The molecular formula is C13H16N2O5. The first-order chi connectivity index (χ1) is 9.51. The minimum atomic E-state index is -0.712. The van der Waals surface area contributed by atoms with Gasteiger partial charge in [0.2, 0.25) is 0 Å². The summed E-state index contributed by atoms with van der Waals surface area (Å²) in [6.07, 6.45) is 1.57. The number of hydrogen-bond donors (Lipinski definition) is 1. The number of benzene rings is 1. The molecule has 20 heavy (non-hydrogen) atoms. The van der Waals surface area contributed by atoms with Crippen molar-refractivity contribution >= 4 is 11.6 Å². The molecule has 7 heteroatoms. The van der Waals surface area contributed by atoms with Crippen molar-refractivity contribution in [1.29, 1.82) is 0 Å². The average molecular weight is 280 g/mol. The Labute approximate surface area is 116 Å². The Kier molecular flexibility index (Phi) is 5.67. The Bertz CT molecular complexity index is 515. The minimum absolute atomic E-state index is 0.172. The van der Waals surface area contributed by atoms with Crippen molar-refractivity contribution in [2.24, 2.45) is 0 Å². The molecule has 0 bridgehead atoms. The Morgan fingerprint density at radius 1 is 1.60 bits per heavy atom. The van der Waals surface area contributed by atoms with Crippen LogP contribution in [0.5, 0.6) is 5.75 Å². The number of carbonyl (C=O) groups is 1. The van der Waals surface area contributed by atoms with Crippen LogP contribution in [0.15, 0.2) is 30.9 Å². The summed E-state index contributed by atoms with van der Waals surface area (Å²) in [5, 5.41) is 20.1. The third kappa shape index (κ3) is 3.79. The number of carbonyl (C=O) groups excluding carboxylic acids is 1. The van der Waals surface area contributed by atoms with E-state index in [9.17, 15) is 20.0 Å². The molecule has 0 spiro atoms. The molecule has 1 N–H and O–H groups in total. The molecule has 1 aromatic rings. The second kappa shape index (κ2) is 7.25. The molecule has 0 unspecified atom stereocenters. The first kappa shape index (κ1) is 15.6. The number of amides is 1. The molecule has 0 saturated heterocycles. The van der Waals surface area contributed by atoms with Crippen LogP contribution in [0.3, 0.4) is 0 Å². The predicted molar refractivity (Wildman–Crippen MR) is 72.7 cm³/mol. The standard InChI is InChI=1S/C13H16N2O5/c1-3-6-14(7-8-20-2)13(17)10-4-5-11(15(18)19)12(16)9-10/h3-5,9,16H,1,6-8H2,2H3. The second-order valence-electron chi connectivity index (χ2n) is 3.99. The Morgan fingerprint density at radius 2 is 2.30 bits per heavy atom. The Balaban J connectivity index is 2.96. The molecule has 0 aliphatic rings. The first-order valence-corrected chi connectivity index (χ1v) is 5.87. The highest BCUT2D eigenvalue weighted by atomic mass is 16.6. The Hall–Kier alpha value is -2.41. The molecule has 0 radical (unpaired) electrons. The zero-order valence-electron chi connectivity index (χ0n) is 11.1. The quantitative estimate of drug-likeness (QED) is 0.465. The monoisotopic (exact) mass is 280 g/mol. The summed E-state index contributed by atoms with van der Waals surface area (Å²) in [6, 6.07) is 3.50. The molecule has 0 atom stereocenters. The number of hydrogen-bond acceptors (Lipinski definition) is 5. The van der Waals surface area contributed by atoms with E-state index >= 15 is 0 Å². The third-order valence-corrected chi connectivity index (χ3v) is 2.62. The van der Waals surface area contributed by atoms with Gasteiger partial charge in [-0.1, -0.05) is 6.08 Å². The SMILES string of the molecule is C=CCN(CCOC)C(=O)c1ccc([N+](=O)[O-])c(O)c1. The van der Waals surface area contributed by atoms with E-state index in [0.29, 0.717) is 19.7 Å². The van der Waals surface area contributed by atoms with E-state index in [4.69, 9.17) is 4.74 Å². The molecule has 7 nitrogen and oxygen atoms in total. The van der Waals surface area contributed by atoms with Crippen molar-refractivity contribution in [3.05, 3.63) is 46.5 Å². The molecule has 0 heterocycles. The molecule has 1 amide bonds. The fourth-order valence-corrected chi connectivity index (χ4v) is 1.63. The third-order valence-electron chi connectivity index (χ3n) is 2.62. The lowest BCUT2D eigenvalue weighted by Gasteiger charge is -2.20. The van der Waals surface area contributed by atoms with Crippen LogP contribution in [0, 0.1) is 10.1 Å². The van der Waals surface area contributed by atoms with Gasteiger partial charge in [0.05, 0.1) is 11.5 Å². The number of methoxy groups -OCH3 is 1. The molecule has 0 saturated carbocycles. The van der Waals surface area contributed by atoms with Gasteiger partial charge < -0.3 is 14.7 Å². The number of phenolic OH excluding ortho intramolecular Hbond substituents is 1. The summed E-state index contributed by atoms with van der Waals surface area (Å²) in [5.41, 5.74) is -0.264. The van der Waals surface area contributed by atoms with Crippen molar-refractivity contribution in [2.45, 2.75) is 0 Å². The number of nitrogens with zero attached hydrogens (tertiary/aromatic N) is 2. The van der Waals surface area contributed by atoms with Crippen LogP contribution in [-0.4, -0.2) is 47.6 Å². The maximum atomic E-state index is 12.2. The summed E-state index contributed by atoms with van der Waals surface area (Å²) in [5.74, 6) is -0.890. The van der Waals surface area contributed by atoms with Gasteiger partial charge in [-0.2, -0.15) is 0 Å². The van der Waals surface area contributed by atoms with E-state index < -0.39 is 16.4 Å². The number of rotatable bonds is 7. The van der Waals surface area contributed by atoms with E-state index in [0.717, 1.165) is 12.1 Å². The number of ether oxygens (including phenoxy) is 1. The average Bonchev–Trinajstić information content (AvgIpc) is 2.42. The number of aromatic hydroxyl groups is 1. The summed E-state index contributed by atoms with van der Waals surface area (Å²) in [4.78, 5) is 23.6. The minimum Gasteiger partial charge on any atom is -0.502 e. The fraction of sp³-hybridized carbons (Fsp3) is 0.308. The maximum Gasteiger partial charge on any atom is 0.310 e. The van der Waals surface area contributed by atoms with Gasteiger partial charge in [-0.3, -0.25) is 14.9 Å². The topological polar surface area (TPSA) is 92.9 Å². The molecule has 1 aromatic carbocycles. The molecule has 0 aliphatic heterocycles. The molecular weight excluding hydrogens is 264 g/mol. The van der Waals surface area contributed by atoms with Gasteiger partial charge in [0.25, 0.3) is 5.91 Å². The van der Waals surface area contributed by atoms with Crippen LogP contribution in [0.2, 0.25) is 0 Å². The largest absolute Gasteiger partial charge is 0.502 e. The van der Waals surface area contributed by atoms with Gasteiger partial charge in [0, 0.05) is 31.8 Å². The van der Waals surface area contributed by atoms with Crippen LogP contribution in [-0.2, 0) is 4.74 Å². The van der Waals surface area contributed by atoms with E-state index in [1.54, 1.807) is 6.08 Å². The van der Waals surface area contributed by atoms with Crippen molar-refractivity contribution in [1.82, 2.24) is 4.90 Å². The number of phenols is 1. The lowest BCUT2D eigenvalue weighted by Crippen LogP contribution is -2.34. The van der Waals surface area contributed by atoms with E-state index in [1.807, 2.05) is 0 Å². The van der Waals surface area contributed by atoms with E-state index in [2.05, 4.69) is 6.58 Å². The van der Waals surface area contributed by atoms with Crippen LogP contribution in [0.4, 0.5) is 5.69 Å². The van der Waals surface area contributed by atoms with Gasteiger partial charge in [0.1, 0.15) is 0 Å². The summed E-state index contributed by atoms with van der Waals surface area (Å²) < 4.78 is 4.91. The smallest absolute Gasteiger partial charge is 0.310 e. The molecule has 108 valence electrons. The molecule has 0 aromatic heterocycles. The van der Waals surface area contributed by atoms with E-state index in [1.165, 1.54) is 18.1 Å². The van der Waals surface area contributed by atoms with E-state index in [-0.39, 0.29) is 11.5 Å². The van der Waals surface area contributed by atoms with Gasteiger partial charge >= 0.3 is 5.69 Å². The Morgan fingerprint density at radius 3 is 2.80 bits per heavy atom. The fourth-order valence-electron chi connectivity index (χ4n) is 1.63. The van der Waals surface area contributed by atoms with Crippen LogP contribution in [0.25, 0.3) is 0 Å². The van der Waals surface area contributed by atoms with Gasteiger partial charge in [-0.15, -0.1) is 6.58 Å². The summed E-state index contributed by atoms with van der Waals surface area (Å²) in [6.45, 7) is 4.61.